The van der Waals surface area contributed by atoms with Gasteiger partial charge in [-0.2, -0.15) is 0 Å². The van der Waals surface area contributed by atoms with Gasteiger partial charge in [0.15, 0.2) is 0 Å². The molecule has 0 bridgehead atoms. The minimum absolute atomic E-state index is 0.103. The summed E-state index contributed by atoms with van der Waals surface area (Å²) in [6, 6.07) is 6.00. The maximum atomic E-state index is 11.8. The molecule has 1 aromatic carbocycles. The molecule has 0 saturated carbocycles. The van der Waals surface area contributed by atoms with Gasteiger partial charge in [0.1, 0.15) is 5.75 Å². The Morgan fingerprint density at radius 3 is 2.48 bits per heavy atom. The van der Waals surface area contributed by atoms with Crippen molar-refractivity contribution in [2.75, 3.05) is 39.8 Å². The van der Waals surface area contributed by atoms with E-state index < -0.39 is 0 Å². The largest absolute Gasteiger partial charge is 0.497 e. The van der Waals surface area contributed by atoms with Gasteiger partial charge in [-0.1, -0.05) is 17.7 Å². The Morgan fingerprint density at radius 2 is 1.91 bits per heavy atom. The lowest BCUT2D eigenvalue weighted by Gasteiger charge is -2.34. The van der Waals surface area contributed by atoms with Gasteiger partial charge in [-0.15, -0.1) is 0 Å². The molecule has 1 saturated heterocycles. The Bertz CT molecular complexity index is 529. The van der Waals surface area contributed by atoms with Crippen molar-refractivity contribution in [2.45, 2.75) is 26.4 Å². The van der Waals surface area contributed by atoms with E-state index in [9.17, 15) is 4.79 Å². The van der Waals surface area contributed by atoms with Gasteiger partial charge < -0.3 is 10.1 Å². The molecule has 23 heavy (non-hydrogen) atoms. The molecule has 2 rings (SSSR count). The van der Waals surface area contributed by atoms with Crippen molar-refractivity contribution in [3.63, 3.8) is 0 Å². The second-order valence-electron chi connectivity index (χ2n) is 6.23. The fourth-order valence-electron chi connectivity index (χ4n) is 2.70. The number of rotatable bonds is 6. The Kier molecular flexibility index (Phi) is 6.69. The number of nitrogens with zero attached hydrogens (tertiary/aromatic N) is 2. The third-order valence-corrected chi connectivity index (χ3v) is 4.29. The Labute approximate surface area is 143 Å². The molecule has 0 spiro atoms. The molecule has 0 atom stereocenters. The molecular formula is C17H26ClN3O2. The zero-order valence-electron chi connectivity index (χ0n) is 14.1. The zero-order valence-corrected chi connectivity index (χ0v) is 14.9. The minimum atomic E-state index is 0.103. The molecule has 1 amide bonds. The monoisotopic (exact) mass is 339 g/mol. The standard InChI is InChI=1S/C17H26ClN3O2/c1-13(2)19-17(22)12-21-8-6-20(7-9-21)11-14-4-5-15(23-3)10-16(14)18/h4-5,10,13H,6-9,11-12H2,1-3H3,(H,19,22). The second-order valence-corrected chi connectivity index (χ2v) is 6.64. The van der Waals surface area contributed by atoms with Gasteiger partial charge in [0, 0.05) is 43.8 Å². The van der Waals surface area contributed by atoms with Gasteiger partial charge in [-0.3, -0.25) is 14.6 Å². The summed E-state index contributed by atoms with van der Waals surface area (Å²) in [5.41, 5.74) is 1.11. The van der Waals surface area contributed by atoms with Crippen LogP contribution in [0.2, 0.25) is 5.02 Å². The molecule has 0 unspecified atom stereocenters. The Balaban J connectivity index is 1.79. The summed E-state index contributed by atoms with van der Waals surface area (Å²) in [6.07, 6.45) is 0. The summed E-state index contributed by atoms with van der Waals surface area (Å²) in [5.74, 6) is 0.881. The molecule has 1 aliphatic heterocycles. The highest BCUT2D eigenvalue weighted by molar-refractivity contribution is 6.31. The van der Waals surface area contributed by atoms with Crippen LogP contribution in [0.1, 0.15) is 19.4 Å². The highest BCUT2D eigenvalue weighted by Gasteiger charge is 2.19. The zero-order chi connectivity index (χ0) is 16.8. The number of halogens is 1. The van der Waals surface area contributed by atoms with Gasteiger partial charge in [0.05, 0.1) is 13.7 Å². The maximum Gasteiger partial charge on any atom is 0.234 e. The maximum absolute atomic E-state index is 11.8. The summed E-state index contributed by atoms with van der Waals surface area (Å²) in [5, 5.41) is 3.67. The minimum Gasteiger partial charge on any atom is -0.497 e. The lowest BCUT2D eigenvalue weighted by molar-refractivity contribution is -0.123. The first-order valence-electron chi connectivity index (χ1n) is 8.04. The number of benzene rings is 1. The van der Waals surface area contributed by atoms with Gasteiger partial charge in [0.25, 0.3) is 0 Å². The molecule has 0 aliphatic carbocycles. The highest BCUT2D eigenvalue weighted by Crippen LogP contribution is 2.23. The number of piperazine rings is 1. The molecule has 1 fully saturated rings. The van der Waals surface area contributed by atoms with Crippen LogP contribution in [0.5, 0.6) is 5.75 Å². The topological polar surface area (TPSA) is 44.8 Å². The SMILES string of the molecule is COc1ccc(CN2CCN(CC(=O)NC(C)C)CC2)c(Cl)c1. The van der Waals surface area contributed by atoms with Crippen LogP contribution in [0, 0.1) is 0 Å². The summed E-state index contributed by atoms with van der Waals surface area (Å²) in [6.45, 7) is 8.96. The number of methoxy groups -OCH3 is 1. The van der Waals surface area contributed by atoms with Crippen LogP contribution < -0.4 is 10.1 Å². The van der Waals surface area contributed by atoms with Crippen molar-refractivity contribution < 1.29 is 9.53 Å². The molecule has 1 aliphatic rings. The number of hydrogen-bond donors (Lipinski definition) is 1. The van der Waals surface area contributed by atoms with E-state index in [1.54, 1.807) is 7.11 Å². The third-order valence-electron chi connectivity index (χ3n) is 3.94. The number of hydrogen-bond acceptors (Lipinski definition) is 4. The van der Waals surface area contributed by atoms with Gasteiger partial charge in [-0.05, 0) is 31.5 Å². The van der Waals surface area contributed by atoms with E-state index in [0.29, 0.717) is 6.54 Å². The van der Waals surface area contributed by atoms with E-state index in [4.69, 9.17) is 16.3 Å². The molecule has 0 aromatic heterocycles. The predicted octanol–water partition coefficient (Wildman–Crippen LogP) is 1.99. The number of carbonyl (C=O) groups excluding carboxylic acids is 1. The number of nitrogens with one attached hydrogen (secondary N) is 1. The first kappa shape index (κ1) is 18.0. The van der Waals surface area contributed by atoms with Crippen LogP contribution in [0.25, 0.3) is 0 Å². The van der Waals surface area contributed by atoms with Crippen molar-refractivity contribution in [2.24, 2.45) is 0 Å². The number of ether oxygens (including phenoxy) is 1. The molecule has 0 radical (unpaired) electrons. The van der Waals surface area contributed by atoms with Gasteiger partial charge in [0.2, 0.25) is 5.91 Å². The smallest absolute Gasteiger partial charge is 0.234 e. The predicted molar refractivity (Wildman–Crippen MR) is 93.0 cm³/mol. The second kappa shape index (κ2) is 8.52. The number of carbonyl (C=O) groups is 1. The van der Waals surface area contributed by atoms with Gasteiger partial charge in [-0.25, -0.2) is 0 Å². The van der Waals surface area contributed by atoms with E-state index in [-0.39, 0.29) is 11.9 Å². The summed E-state index contributed by atoms with van der Waals surface area (Å²) >= 11 is 6.30. The molecule has 1 heterocycles. The number of amides is 1. The molecule has 1 aromatic rings. The van der Waals surface area contributed by atoms with E-state index in [2.05, 4.69) is 15.1 Å². The molecule has 6 heteroatoms. The van der Waals surface area contributed by atoms with Crippen molar-refractivity contribution >= 4 is 17.5 Å². The van der Waals surface area contributed by atoms with Crippen LogP contribution >= 0.6 is 11.6 Å². The van der Waals surface area contributed by atoms with Crippen LogP contribution in [-0.2, 0) is 11.3 Å². The fourth-order valence-corrected chi connectivity index (χ4v) is 2.93. The summed E-state index contributed by atoms with van der Waals surface area (Å²) < 4.78 is 5.18. The lowest BCUT2D eigenvalue weighted by atomic mass is 10.2. The average Bonchev–Trinajstić information content (AvgIpc) is 2.50. The molecular weight excluding hydrogens is 314 g/mol. The summed E-state index contributed by atoms with van der Waals surface area (Å²) in [4.78, 5) is 16.4. The first-order chi connectivity index (χ1) is 11.0. The molecule has 1 N–H and O–H groups in total. The van der Waals surface area contributed by atoms with E-state index in [1.165, 1.54) is 0 Å². The van der Waals surface area contributed by atoms with Crippen molar-refractivity contribution in [1.29, 1.82) is 0 Å². The highest BCUT2D eigenvalue weighted by atomic mass is 35.5. The van der Waals surface area contributed by atoms with Crippen molar-refractivity contribution in [3.8, 4) is 5.75 Å². The van der Waals surface area contributed by atoms with Crippen LogP contribution in [-0.4, -0.2) is 61.6 Å². The van der Waals surface area contributed by atoms with Crippen LogP contribution in [0.3, 0.4) is 0 Å². The molecule has 128 valence electrons. The lowest BCUT2D eigenvalue weighted by Crippen LogP contribution is -2.49. The van der Waals surface area contributed by atoms with Crippen molar-refractivity contribution in [3.05, 3.63) is 28.8 Å². The summed E-state index contributed by atoms with van der Waals surface area (Å²) in [7, 11) is 1.64. The first-order valence-corrected chi connectivity index (χ1v) is 8.42. The van der Waals surface area contributed by atoms with Crippen LogP contribution in [0.4, 0.5) is 0 Å². The Morgan fingerprint density at radius 1 is 1.26 bits per heavy atom. The van der Waals surface area contributed by atoms with Crippen LogP contribution in [0.15, 0.2) is 18.2 Å². The van der Waals surface area contributed by atoms with E-state index in [1.807, 2.05) is 32.0 Å². The fraction of sp³-hybridized carbons (Fsp3) is 0.588. The third kappa shape index (κ3) is 5.68. The van der Waals surface area contributed by atoms with Crippen molar-refractivity contribution in [1.82, 2.24) is 15.1 Å². The quantitative estimate of drug-likeness (QED) is 0.861. The Hall–Kier alpha value is -1.30. The van der Waals surface area contributed by atoms with E-state index in [0.717, 1.165) is 49.1 Å². The molecule has 5 nitrogen and oxygen atoms in total. The van der Waals surface area contributed by atoms with Gasteiger partial charge >= 0.3 is 0 Å². The van der Waals surface area contributed by atoms with E-state index >= 15 is 0 Å². The average molecular weight is 340 g/mol. The normalized spacial score (nSPS) is 16.6.